The van der Waals surface area contributed by atoms with E-state index in [1.54, 1.807) is 0 Å². The molecule has 1 aromatic carbocycles. The van der Waals surface area contributed by atoms with Crippen molar-refractivity contribution in [2.45, 2.75) is 12.8 Å². The number of rotatable bonds is 3. The fourth-order valence-corrected chi connectivity index (χ4v) is 1.80. The van der Waals surface area contributed by atoms with Crippen molar-refractivity contribution in [3.63, 3.8) is 0 Å². The van der Waals surface area contributed by atoms with E-state index in [0.29, 0.717) is 5.92 Å². The summed E-state index contributed by atoms with van der Waals surface area (Å²) in [5.74, 6) is 1.67. The third kappa shape index (κ3) is 4.10. The Labute approximate surface area is 97.4 Å². The SMILES string of the molecule is Cl.c1ccc(OCC2CCCNC2)cc1. The minimum atomic E-state index is 0. The first-order chi connectivity index (χ1) is 6.95. The van der Waals surface area contributed by atoms with Crippen LogP contribution in [0.5, 0.6) is 5.75 Å². The van der Waals surface area contributed by atoms with Crippen molar-refractivity contribution in [2.75, 3.05) is 19.7 Å². The maximum atomic E-state index is 5.71. The van der Waals surface area contributed by atoms with Gasteiger partial charge in [0.25, 0.3) is 0 Å². The lowest BCUT2D eigenvalue weighted by Gasteiger charge is -2.22. The summed E-state index contributed by atoms with van der Waals surface area (Å²) in [6.45, 7) is 3.12. The maximum Gasteiger partial charge on any atom is 0.119 e. The van der Waals surface area contributed by atoms with Crippen LogP contribution in [0.3, 0.4) is 0 Å². The highest BCUT2D eigenvalue weighted by Gasteiger charge is 2.12. The third-order valence-electron chi connectivity index (χ3n) is 2.63. The summed E-state index contributed by atoms with van der Waals surface area (Å²) >= 11 is 0. The van der Waals surface area contributed by atoms with Gasteiger partial charge in [-0.2, -0.15) is 0 Å². The average molecular weight is 228 g/mol. The van der Waals surface area contributed by atoms with Crippen molar-refractivity contribution in [2.24, 2.45) is 5.92 Å². The lowest BCUT2D eigenvalue weighted by Crippen LogP contribution is -2.33. The molecule has 1 N–H and O–H groups in total. The lowest BCUT2D eigenvalue weighted by atomic mass is 10.0. The van der Waals surface area contributed by atoms with Gasteiger partial charge in [0.15, 0.2) is 0 Å². The zero-order valence-corrected chi connectivity index (χ0v) is 9.63. The van der Waals surface area contributed by atoms with E-state index in [4.69, 9.17) is 4.74 Å². The molecule has 1 saturated heterocycles. The number of benzene rings is 1. The summed E-state index contributed by atoms with van der Waals surface area (Å²) in [5, 5.41) is 3.39. The molecule has 0 radical (unpaired) electrons. The van der Waals surface area contributed by atoms with Crippen LogP contribution in [0.1, 0.15) is 12.8 Å². The lowest BCUT2D eigenvalue weighted by molar-refractivity contribution is 0.218. The molecule has 84 valence electrons. The number of halogens is 1. The van der Waals surface area contributed by atoms with Gasteiger partial charge in [-0.1, -0.05) is 18.2 Å². The molecule has 0 aromatic heterocycles. The summed E-state index contributed by atoms with van der Waals surface area (Å²) in [6, 6.07) is 10.0. The largest absolute Gasteiger partial charge is 0.493 e. The van der Waals surface area contributed by atoms with Crippen molar-refractivity contribution in [1.82, 2.24) is 5.32 Å². The van der Waals surface area contributed by atoms with Crippen molar-refractivity contribution < 1.29 is 4.74 Å². The second-order valence-corrected chi connectivity index (χ2v) is 3.84. The molecule has 1 aromatic rings. The van der Waals surface area contributed by atoms with Gasteiger partial charge in [-0.25, -0.2) is 0 Å². The minimum Gasteiger partial charge on any atom is -0.493 e. The minimum absolute atomic E-state index is 0. The van der Waals surface area contributed by atoms with Crippen LogP contribution in [-0.4, -0.2) is 19.7 Å². The first kappa shape index (κ1) is 12.3. The predicted molar refractivity (Wildman–Crippen MR) is 64.8 cm³/mol. The Bertz CT molecular complexity index is 260. The summed E-state index contributed by atoms with van der Waals surface area (Å²) in [4.78, 5) is 0. The number of hydrogen-bond acceptors (Lipinski definition) is 2. The van der Waals surface area contributed by atoms with Crippen molar-refractivity contribution >= 4 is 12.4 Å². The summed E-state index contributed by atoms with van der Waals surface area (Å²) in [5.41, 5.74) is 0. The van der Waals surface area contributed by atoms with Crippen LogP contribution in [0.15, 0.2) is 30.3 Å². The van der Waals surface area contributed by atoms with Gasteiger partial charge < -0.3 is 10.1 Å². The molecule has 0 spiro atoms. The second kappa shape index (κ2) is 6.70. The van der Waals surface area contributed by atoms with Crippen LogP contribution in [0, 0.1) is 5.92 Å². The van der Waals surface area contributed by atoms with Gasteiger partial charge in [-0.15, -0.1) is 12.4 Å². The molecule has 2 rings (SSSR count). The monoisotopic (exact) mass is 227 g/mol. The van der Waals surface area contributed by atoms with Gasteiger partial charge in [-0.05, 0) is 31.5 Å². The number of nitrogens with one attached hydrogen (secondary N) is 1. The Morgan fingerprint density at radius 2 is 2.07 bits per heavy atom. The molecule has 15 heavy (non-hydrogen) atoms. The van der Waals surface area contributed by atoms with E-state index < -0.39 is 0 Å². The van der Waals surface area contributed by atoms with Crippen LogP contribution < -0.4 is 10.1 Å². The molecule has 0 saturated carbocycles. The van der Waals surface area contributed by atoms with Crippen LogP contribution >= 0.6 is 12.4 Å². The molecule has 3 heteroatoms. The third-order valence-corrected chi connectivity index (χ3v) is 2.63. The molecule has 0 aliphatic carbocycles. The molecular formula is C12H18ClNO. The molecule has 1 aliphatic rings. The average Bonchev–Trinajstić information content (AvgIpc) is 2.29. The molecule has 2 nitrogen and oxygen atoms in total. The number of hydrogen-bond donors (Lipinski definition) is 1. The van der Waals surface area contributed by atoms with Gasteiger partial charge in [-0.3, -0.25) is 0 Å². The smallest absolute Gasteiger partial charge is 0.119 e. The quantitative estimate of drug-likeness (QED) is 0.857. The Morgan fingerprint density at radius 1 is 1.27 bits per heavy atom. The maximum absolute atomic E-state index is 5.71. The van der Waals surface area contributed by atoms with E-state index in [-0.39, 0.29) is 12.4 Å². The van der Waals surface area contributed by atoms with Crippen molar-refractivity contribution in [3.05, 3.63) is 30.3 Å². The highest BCUT2D eigenvalue weighted by Crippen LogP contribution is 2.14. The number of piperidine rings is 1. The van der Waals surface area contributed by atoms with Crippen LogP contribution in [0.4, 0.5) is 0 Å². The van der Waals surface area contributed by atoms with Crippen molar-refractivity contribution in [3.8, 4) is 5.75 Å². The van der Waals surface area contributed by atoms with E-state index in [2.05, 4.69) is 5.32 Å². The molecule has 1 fully saturated rings. The molecular weight excluding hydrogens is 210 g/mol. The van der Waals surface area contributed by atoms with Crippen LogP contribution in [0.25, 0.3) is 0 Å². The summed E-state index contributed by atoms with van der Waals surface area (Å²) in [7, 11) is 0. The van der Waals surface area contributed by atoms with E-state index >= 15 is 0 Å². The molecule has 0 amide bonds. The van der Waals surface area contributed by atoms with Crippen LogP contribution in [0.2, 0.25) is 0 Å². The van der Waals surface area contributed by atoms with Crippen LogP contribution in [-0.2, 0) is 0 Å². The molecule has 0 bridgehead atoms. The molecule has 1 heterocycles. The van der Waals surface area contributed by atoms with E-state index in [1.165, 1.54) is 19.4 Å². The Kier molecular flexibility index (Phi) is 5.51. The van der Waals surface area contributed by atoms with E-state index in [9.17, 15) is 0 Å². The van der Waals surface area contributed by atoms with E-state index in [1.807, 2.05) is 30.3 Å². The molecule has 1 aliphatic heterocycles. The van der Waals surface area contributed by atoms with Gasteiger partial charge in [0, 0.05) is 12.5 Å². The Morgan fingerprint density at radius 3 is 2.73 bits per heavy atom. The van der Waals surface area contributed by atoms with E-state index in [0.717, 1.165) is 18.9 Å². The second-order valence-electron chi connectivity index (χ2n) is 3.84. The first-order valence-corrected chi connectivity index (χ1v) is 5.34. The standard InChI is InChI=1S/C12H17NO.ClH/c1-2-6-12(7-3-1)14-10-11-5-4-8-13-9-11;/h1-3,6-7,11,13H,4-5,8-10H2;1H. The number of ether oxygens (including phenoxy) is 1. The first-order valence-electron chi connectivity index (χ1n) is 5.34. The number of para-hydroxylation sites is 1. The van der Waals surface area contributed by atoms with Gasteiger partial charge in [0.2, 0.25) is 0 Å². The van der Waals surface area contributed by atoms with Crippen molar-refractivity contribution in [1.29, 1.82) is 0 Å². The fraction of sp³-hybridized carbons (Fsp3) is 0.500. The normalized spacial score (nSPS) is 20.4. The Balaban J connectivity index is 0.00000112. The van der Waals surface area contributed by atoms with Gasteiger partial charge in [0.05, 0.1) is 6.61 Å². The molecule has 1 unspecified atom stereocenters. The summed E-state index contributed by atoms with van der Waals surface area (Å²) in [6.07, 6.45) is 2.57. The fourth-order valence-electron chi connectivity index (χ4n) is 1.80. The summed E-state index contributed by atoms with van der Waals surface area (Å²) < 4.78 is 5.71. The predicted octanol–water partition coefficient (Wildman–Crippen LogP) is 2.49. The topological polar surface area (TPSA) is 21.3 Å². The highest BCUT2D eigenvalue weighted by molar-refractivity contribution is 5.85. The Hall–Kier alpha value is -0.730. The highest BCUT2D eigenvalue weighted by atomic mass is 35.5. The van der Waals surface area contributed by atoms with Gasteiger partial charge in [0.1, 0.15) is 5.75 Å². The zero-order valence-electron chi connectivity index (χ0n) is 8.82. The zero-order chi connectivity index (χ0) is 9.64. The van der Waals surface area contributed by atoms with Gasteiger partial charge >= 0.3 is 0 Å². The molecule has 1 atom stereocenters.